The standard InChI is InChI=1S/C30H40N10O2/c1-38-12-14-40(15-13-38)25-6-10-39(11-7-25)24-4-2-22(3-5-24)34-30-27(28(31)41)36-26(21-18-32-20-33-19-21)29(37-30)35-23-8-16-42-17-9-23/h2-5,18-20,23,25H,6-17H2,1H3,(H2,31,41)(H2,34,35,37). The van der Waals surface area contributed by atoms with Gasteiger partial charge in [0.15, 0.2) is 17.3 Å². The fourth-order valence-corrected chi connectivity index (χ4v) is 6.02. The third kappa shape index (κ3) is 6.61. The summed E-state index contributed by atoms with van der Waals surface area (Å²) in [6, 6.07) is 9.11. The quantitative estimate of drug-likeness (QED) is 0.367. The molecule has 0 saturated carbocycles. The number of likely N-dealkylation sites (N-methyl/N-ethyl adjacent to an activating group) is 1. The van der Waals surface area contributed by atoms with Gasteiger partial charge in [-0.2, -0.15) is 0 Å². The van der Waals surface area contributed by atoms with Gasteiger partial charge < -0.3 is 30.9 Å². The molecule has 2 aromatic heterocycles. The summed E-state index contributed by atoms with van der Waals surface area (Å²) >= 11 is 0. The van der Waals surface area contributed by atoms with Crippen LogP contribution in [0.3, 0.4) is 0 Å². The van der Waals surface area contributed by atoms with Crippen molar-refractivity contribution in [3.8, 4) is 11.3 Å². The van der Waals surface area contributed by atoms with E-state index < -0.39 is 5.91 Å². The molecule has 1 amide bonds. The zero-order chi connectivity index (χ0) is 28.9. The number of anilines is 4. The molecule has 0 spiro atoms. The van der Waals surface area contributed by atoms with Crippen molar-refractivity contribution in [3.63, 3.8) is 0 Å². The Morgan fingerprint density at radius 3 is 2.26 bits per heavy atom. The van der Waals surface area contributed by atoms with E-state index in [4.69, 9.17) is 15.5 Å². The molecule has 0 bridgehead atoms. The van der Waals surface area contributed by atoms with Crippen molar-refractivity contribution < 1.29 is 9.53 Å². The number of amides is 1. The van der Waals surface area contributed by atoms with Gasteiger partial charge in [0.05, 0.1) is 0 Å². The maximum Gasteiger partial charge on any atom is 0.271 e. The Morgan fingerprint density at radius 1 is 0.905 bits per heavy atom. The Balaban J connectivity index is 1.18. The van der Waals surface area contributed by atoms with Gasteiger partial charge in [-0.05, 0) is 57.0 Å². The summed E-state index contributed by atoms with van der Waals surface area (Å²) in [6.07, 6.45) is 8.81. The highest BCUT2D eigenvalue weighted by molar-refractivity contribution is 5.97. The van der Waals surface area contributed by atoms with Crippen LogP contribution in [0.1, 0.15) is 36.2 Å². The molecule has 42 heavy (non-hydrogen) atoms. The lowest BCUT2D eigenvalue weighted by molar-refractivity contribution is 0.0904. The third-order valence-corrected chi connectivity index (χ3v) is 8.54. The summed E-state index contributed by atoms with van der Waals surface area (Å²) in [4.78, 5) is 37.8. The van der Waals surface area contributed by atoms with Crippen LogP contribution in [0.2, 0.25) is 0 Å². The monoisotopic (exact) mass is 572 g/mol. The van der Waals surface area contributed by atoms with Crippen LogP contribution >= 0.6 is 0 Å². The molecule has 1 aromatic carbocycles. The lowest BCUT2D eigenvalue weighted by Crippen LogP contribution is -2.52. The predicted molar refractivity (Wildman–Crippen MR) is 163 cm³/mol. The Kier molecular flexibility index (Phi) is 8.73. The third-order valence-electron chi connectivity index (χ3n) is 8.54. The first-order chi connectivity index (χ1) is 20.5. The number of rotatable bonds is 8. The number of piperazine rings is 1. The molecule has 0 aliphatic carbocycles. The summed E-state index contributed by atoms with van der Waals surface area (Å²) in [6.45, 7) is 8.12. The van der Waals surface area contributed by atoms with Crippen molar-refractivity contribution >= 4 is 28.9 Å². The van der Waals surface area contributed by atoms with Gasteiger partial charge >= 0.3 is 0 Å². The number of primary amides is 1. The average Bonchev–Trinajstić information content (AvgIpc) is 3.03. The van der Waals surface area contributed by atoms with Crippen LogP contribution in [0, 0.1) is 0 Å². The Morgan fingerprint density at radius 2 is 1.60 bits per heavy atom. The van der Waals surface area contributed by atoms with Crippen LogP contribution in [-0.4, -0.2) is 107 Å². The van der Waals surface area contributed by atoms with Crippen LogP contribution in [0.4, 0.5) is 23.0 Å². The Bertz CT molecular complexity index is 1330. The number of benzene rings is 1. The van der Waals surface area contributed by atoms with Crippen LogP contribution in [0.5, 0.6) is 0 Å². The second-order valence-corrected chi connectivity index (χ2v) is 11.4. The molecule has 0 atom stereocenters. The SMILES string of the molecule is CN1CCN(C2CCN(c3ccc(Nc4nc(NC5CCOCC5)c(-c5cncnc5)nc4C(N)=O)cc3)CC2)CC1. The fourth-order valence-electron chi connectivity index (χ4n) is 6.02. The van der Waals surface area contributed by atoms with E-state index in [1.165, 1.54) is 37.9 Å². The minimum atomic E-state index is -0.666. The molecule has 4 N–H and O–H groups in total. The average molecular weight is 573 g/mol. The number of hydrogen-bond donors (Lipinski definition) is 3. The first kappa shape index (κ1) is 28.3. The number of carbonyl (C=O) groups excluding carboxylic acids is 1. The Hall–Kier alpha value is -3.87. The molecule has 0 unspecified atom stereocenters. The number of carbonyl (C=O) groups is 1. The summed E-state index contributed by atoms with van der Waals surface area (Å²) in [5.74, 6) is 0.183. The van der Waals surface area contributed by atoms with Crippen molar-refractivity contribution in [1.29, 1.82) is 0 Å². The van der Waals surface area contributed by atoms with Gasteiger partial charge in [-0.1, -0.05) is 0 Å². The summed E-state index contributed by atoms with van der Waals surface area (Å²) < 4.78 is 5.52. The van der Waals surface area contributed by atoms with E-state index in [0.717, 1.165) is 44.7 Å². The van der Waals surface area contributed by atoms with Crippen molar-refractivity contribution in [3.05, 3.63) is 48.7 Å². The van der Waals surface area contributed by atoms with E-state index in [0.29, 0.717) is 42.1 Å². The topological polar surface area (TPSA) is 138 Å². The van der Waals surface area contributed by atoms with E-state index in [2.05, 4.69) is 59.5 Å². The van der Waals surface area contributed by atoms with E-state index in [9.17, 15) is 4.79 Å². The largest absolute Gasteiger partial charge is 0.381 e. The van der Waals surface area contributed by atoms with E-state index in [1.54, 1.807) is 12.4 Å². The highest BCUT2D eigenvalue weighted by Crippen LogP contribution is 2.31. The van der Waals surface area contributed by atoms with Crippen molar-refractivity contribution in [2.75, 3.05) is 75.1 Å². The summed E-state index contributed by atoms with van der Waals surface area (Å²) in [5, 5.41) is 6.80. The minimum Gasteiger partial charge on any atom is -0.381 e. The number of nitrogens with zero attached hydrogens (tertiary/aromatic N) is 7. The molecule has 3 aliphatic rings. The number of nitrogens with one attached hydrogen (secondary N) is 2. The zero-order valence-corrected chi connectivity index (χ0v) is 24.2. The van der Waals surface area contributed by atoms with Gasteiger partial charge in [0.2, 0.25) is 0 Å². The van der Waals surface area contributed by atoms with Crippen LogP contribution in [0.25, 0.3) is 11.3 Å². The van der Waals surface area contributed by atoms with Gasteiger partial charge in [-0.25, -0.2) is 19.9 Å². The van der Waals surface area contributed by atoms with E-state index >= 15 is 0 Å². The predicted octanol–water partition coefficient (Wildman–Crippen LogP) is 2.58. The lowest BCUT2D eigenvalue weighted by atomic mass is 10.0. The molecule has 12 nitrogen and oxygen atoms in total. The number of piperidine rings is 1. The van der Waals surface area contributed by atoms with Gasteiger partial charge in [0.25, 0.3) is 5.91 Å². The van der Waals surface area contributed by atoms with Crippen LogP contribution in [0.15, 0.2) is 43.0 Å². The number of hydrogen-bond acceptors (Lipinski definition) is 11. The molecular weight excluding hydrogens is 532 g/mol. The van der Waals surface area contributed by atoms with Crippen LogP contribution in [-0.2, 0) is 4.74 Å². The number of aromatic nitrogens is 4. The second-order valence-electron chi connectivity index (χ2n) is 11.4. The van der Waals surface area contributed by atoms with Gasteiger partial charge in [0, 0.05) is 93.9 Å². The van der Waals surface area contributed by atoms with Crippen LogP contribution < -0.4 is 21.3 Å². The first-order valence-corrected chi connectivity index (χ1v) is 14.9. The fraction of sp³-hybridized carbons (Fsp3) is 0.500. The molecule has 12 heteroatoms. The second kappa shape index (κ2) is 13.0. The molecule has 6 rings (SSSR count). The zero-order valence-electron chi connectivity index (χ0n) is 24.2. The van der Waals surface area contributed by atoms with Crippen molar-refractivity contribution in [1.82, 2.24) is 29.7 Å². The molecule has 3 saturated heterocycles. The highest BCUT2D eigenvalue weighted by Gasteiger charge is 2.27. The van der Waals surface area contributed by atoms with Crippen molar-refractivity contribution in [2.24, 2.45) is 5.73 Å². The molecule has 222 valence electrons. The smallest absolute Gasteiger partial charge is 0.271 e. The van der Waals surface area contributed by atoms with E-state index in [1.807, 2.05) is 12.1 Å². The van der Waals surface area contributed by atoms with E-state index in [-0.39, 0.29) is 11.7 Å². The normalized spacial score (nSPS) is 19.5. The van der Waals surface area contributed by atoms with Gasteiger partial charge in [-0.3, -0.25) is 9.69 Å². The minimum absolute atomic E-state index is 0.0569. The van der Waals surface area contributed by atoms with Gasteiger partial charge in [0.1, 0.15) is 12.0 Å². The first-order valence-electron chi connectivity index (χ1n) is 14.9. The maximum atomic E-state index is 12.5. The van der Waals surface area contributed by atoms with Crippen molar-refractivity contribution in [2.45, 2.75) is 37.8 Å². The number of ether oxygens (including phenoxy) is 1. The number of nitrogens with two attached hydrogens (primary N) is 1. The summed E-state index contributed by atoms with van der Waals surface area (Å²) in [7, 11) is 2.21. The molecule has 3 aliphatic heterocycles. The molecule has 5 heterocycles. The molecule has 3 aromatic rings. The Labute approximate surface area is 246 Å². The lowest BCUT2D eigenvalue weighted by Gasteiger charge is -2.42. The summed E-state index contributed by atoms with van der Waals surface area (Å²) in [5.41, 5.74) is 8.96. The molecular formula is C30H40N10O2. The molecule has 3 fully saturated rings. The highest BCUT2D eigenvalue weighted by atomic mass is 16.5. The van der Waals surface area contributed by atoms with Gasteiger partial charge in [-0.15, -0.1) is 0 Å². The maximum absolute atomic E-state index is 12.5. The molecule has 0 radical (unpaired) electrons.